The lowest BCUT2D eigenvalue weighted by atomic mass is 10.1. The lowest BCUT2D eigenvalue weighted by molar-refractivity contribution is 0.0998. The first-order valence-corrected chi connectivity index (χ1v) is 6.62. The zero-order valence-electron chi connectivity index (χ0n) is 11.8. The van der Waals surface area contributed by atoms with Crippen LogP contribution in [0.3, 0.4) is 0 Å². The van der Waals surface area contributed by atoms with E-state index in [1.807, 2.05) is 43.3 Å². The van der Waals surface area contributed by atoms with Gasteiger partial charge in [0.25, 0.3) is 5.91 Å². The van der Waals surface area contributed by atoms with E-state index in [2.05, 4.69) is 5.32 Å². The SMILES string of the molecule is COc1cccc(NC(=O)c2oc3ccccc3c2C)c1. The van der Waals surface area contributed by atoms with Gasteiger partial charge in [0.15, 0.2) is 5.76 Å². The first-order chi connectivity index (χ1) is 10.2. The summed E-state index contributed by atoms with van der Waals surface area (Å²) in [5, 5.41) is 3.77. The average Bonchev–Trinajstić information content (AvgIpc) is 2.85. The Kier molecular flexibility index (Phi) is 3.36. The number of benzene rings is 2. The van der Waals surface area contributed by atoms with Crippen LogP contribution < -0.4 is 10.1 Å². The van der Waals surface area contributed by atoms with Crippen LogP contribution in [0.25, 0.3) is 11.0 Å². The molecule has 0 bridgehead atoms. The molecule has 0 radical (unpaired) electrons. The normalized spacial score (nSPS) is 10.6. The smallest absolute Gasteiger partial charge is 0.291 e. The average molecular weight is 281 g/mol. The second-order valence-corrected chi connectivity index (χ2v) is 4.74. The molecule has 0 fully saturated rings. The molecule has 0 saturated heterocycles. The number of anilines is 1. The van der Waals surface area contributed by atoms with Crippen molar-refractivity contribution in [1.29, 1.82) is 0 Å². The highest BCUT2D eigenvalue weighted by atomic mass is 16.5. The van der Waals surface area contributed by atoms with Crippen LogP contribution in [-0.4, -0.2) is 13.0 Å². The summed E-state index contributed by atoms with van der Waals surface area (Å²) in [6.07, 6.45) is 0. The van der Waals surface area contributed by atoms with Gasteiger partial charge in [-0.2, -0.15) is 0 Å². The van der Waals surface area contributed by atoms with Gasteiger partial charge < -0.3 is 14.5 Å². The summed E-state index contributed by atoms with van der Waals surface area (Å²) >= 11 is 0. The maximum absolute atomic E-state index is 12.4. The largest absolute Gasteiger partial charge is 0.497 e. The minimum atomic E-state index is -0.267. The highest BCUT2D eigenvalue weighted by Crippen LogP contribution is 2.26. The fraction of sp³-hybridized carbons (Fsp3) is 0.118. The van der Waals surface area contributed by atoms with Gasteiger partial charge >= 0.3 is 0 Å². The first-order valence-electron chi connectivity index (χ1n) is 6.62. The predicted octanol–water partition coefficient (Wildman–Crippen LogP) is 4.00. The number of para-hydroxylation sites is 1. The summed E-state index contributed by atoms with van der Waals surface area (Å²) in [5.41, 5.74) is 2.22. The Morgan fingerprint density at radius 2 is 1.95 bits per heavy atom. The van der Waals surface area contributed by atoms with E-state index in [-0.39, 0.29) is 5.91 Å². The standard InChI is InChI=1S/C17H15NO3/c1-11-14-8-3-4-9-15(14)21-16(11)17(19)18-12-6-5-7-13(10-12)20-2/h3-10H,1-2H3,(H,18,19). The second kappa shape index (κ2) is 5.32. The highest BCUT2D eigenvalue weighted by Gasteiger charge is 2.17. The Labute approximate surface area is 122 Å². The van der Waals surface area contributed by atoms with Gasteiger partial charge in [0.1, 0.15) is 11.3 Å². The van der Waals surface area contributed by atoms with Crippen molar-refractivity contribution in [3.63, 3.8) is 0 Å². The Bertz CT molecular complexity index is 805. The summed E-state index contributed by atoms with van der Waals surface area (Å²) in [4.78, 5) is 12.4. The molecule has 0 atom stereocenters. The van der Waals surface area contributed by atoms with Crippen LogP contribution >= 0.6 is 0 Å². The van der Waals surface area contributed by atoms with Crippen LogP contribution in [0.4, 0.5) is 5.69 Å². The molecule has 0 aliphatic heterocycles. The third-order valence-electron chi connectivity index (χ3n) is 3.38. The number of hydrogen-bond donors (Lipinski definition) is 1. The zero-order chi connectivity index (χ0) is 14.8. The molecule has 1 amide bonds. The van der Waals surface area contributed by atoms with Crippen molar-refractivity contribution in [2.75, 3.05) is 12.4 Å². The molecule has 4 nitrogen and oxygen atoms in total. The van der Waals surface area contributed by atoms with Crippen molar-refractivity contribution in [1.82, 2.24) is 0 Å². The first kappa shape index (κ1) is 13.2. The molecule has 0 spiro atoms. The van der Waals surface area contributed by atoms with E-state index in [0.717, 1.165) is 10.9 Å². The second-order valence-electron chi connectivity index (χ2n) is 4.74. The zero-order valence-corrected chi connectivity index (χ0v) is 11.8. The van der Waals surface area contributed by atoms with E-state index in [9.17, 15) is 4.79 Å². The van der Waals surface area contributed by atoms with Gasteiger partial charge in [0, 0.05) is 22.7 Å². The highest BCUT2D eigenvalue weighted by molar-refractivity contribution is 6.06. The van der Waals surface area contributed by atoms with E-state index in [0.29, 0.717) is 22.8 Å². The van der Waals surface area contributed by atoms with Crippen molar-refractivity contribution in [3.8, 4) is 5.75 Å². The number of carbonyl (C=O) groups is 1. The van der Waals surface area contributed by atoms with E-state index < -0.39 is 0 Å². The third kappa shape index (κ3) is 2.48. The van der Waals surface area contributed by atoms with Gasteiger partial charge in [-0.05, 0) is 25.1 Å². The van der Waals surface area contributed by atoms with Crippen LogP contribution in [0.15, 0.2) is 52.9 Å². The lowest BCUT2D eigenvalue weighted by Crippen LogP contribution is -2.12. The minimum absolute atomic E-state index is 0.267. The molecule has 3 aromatic rings. The number of ether oxygens (including phenoxy) is 1. The van der Waals surface area contributed by atoms with Gasteiger partial charge in [-0.25, -0.2) is 0 Å². The number of carbonyl (C=O) groups excluding carboxylic acids is 1. The van der Waals surface area contributed by atoms with Crippen molar-refractivity contribution >= 4 is 22.6 Å². The molecular formula is C17H15NO3. The van der Waals surface area contributed by atoms with Crippen molar-refractivity contribution in [2.24, 2.45) is 0 Å². The lowest BCUT2D eigenvalue weighted by Gasteiger charge is -2.05. The van der Waals surface area contributed by atoms with Crippen LogP contribution in [0, 0.1) is 6.92 Å². The van der Waals surface area contributed by atoms with Gasteiger partial charge in [-0.1, -0.05) is 24.3 Å². The molecule has 4 heteroatoms. The minimum Gasteiger partial charge on any atom is -0.497 e. The number of amides is 1. The maximum atomic E-state index is 12.4. The number of aryl methyl sites for hydroxylation is 1. The quantitative estimate of drug-likeness (QED) is 0.789. The van der Waals surface area contributed by atoms with Crippen LogP contribution in [0.1, 0.15) is 16.1 Å². The van der Waals surface area contributed by atoms with Crippen molar-refractivity contribution in [2.45, 2.75) is 6.92 Å². The summed E-state index contributed by atoms with van der Waals surface area (Å²) in [5.74, 6) is 0.755. The molecule has 1 aromatic heterocycles. The van der Waals surface area contributed by atoms with Gasteiger partial charge in [-0.15, -0.1) is 0 Å². The fourth-order valence-corrected chi connectivity index (χ4v) is 2.28. The van der Waals surface area contributed by atoms with Crippen LogP contribution in [0.2, 0.25) is 0 Å². The fourth-order valence-electron chi connectivity index (χ4n) is 2.28. The Morgan fingerprint density at radius 3 is 2.71 bits per heavy atom. The number of methoxy groups -OCH3 is 1. The Balaban J connectivity index is 1.91. The molecule has 3 rings (SSSR count). The molecule has 0 unspecified atom stereocenters. The molecule has 106 valence electrons. The predicted molar refractivity (Wildman–Crippen MR) is 81.9 cm³/mol. The molecule has 21 heavy (non-hydrogen) atoms. The summed E-state index contributed by atoms with van der Waals surface area (Å²) < 4.78 is 10.8. The van der Waals surface area contributed by atoms with Crippen LogP contribution in [0.5, 0.6) is 5.75 Å². The summed E-state index contributed by atoms with van der Waals surface area (Å²) in [6.45, 7) is 1.88. The van der Waals surface area contributed by atoms with E-state index in [1.54, 1.807) is 19.2 Å². The molecule has 0 saturated carbocycles. The maximum Gasteiger partial charge on any atom is 0.291 e. The summed E-state index contributed by atoms with van der Waals surface area (Å²) in [7, 11) is 1.59. The van der Waals surface area contributed by atoms with E-state index >= 15 is 0 Å². The molecular weight excluding hydrogens is 266 g/mol. The molecule has 1 heterocycles. The number of furan rings is 1. The van der Waals surface area contributed by atoms with Crippen LogP contribution in [-0.2, 0) is 0 Å². The number of hydrogen-bond acceptors (Lipinski definition) is 3. The summed E-state index contributed by atoms with van der Waals surface area (Å²) in [6, 6.07) is 14.8. The van der Waals surface area contributed by atoms with Gasteiger partial charge in [0.2, 0.25) is 0 Å². The number of nitrogens with one attached hydrogen (secondary N) is 1. The Morgan fingerprint density at radius 1 is 1.14 bits per heavy atom. The monoisotopic (exact) mass is 281 g/mol. The van der Waals surface area contributed by atoms with Gasteiger partial charge in [-0.3, -0.25) is 4.79 Å². The van der Waals surface area contributed by atoms with Gasteiger partial charge in [0.05, 0.1) is 7.11 Å². The van der Waals surface area contributed by atoms with E-state index in [4.69, 9.17) is 9.15 Å². The van der Waals surface area contributed by atoms with Crippen molar-refractivity contribution < 1.29 is 13.9 Å². The molecule has 0 aliphatic carbocycles. The number of fused-ring (bicyclic) bond motifs is 1. The molecule has 0 aliphatic rings. The van der Waals surface area contributed by atoms with Crippen molar-refractivity contribution in [3.05, 3.63) is 59.9 Å². The molecule has 1 N–H and O–H groups in total. The Hall–Kier alpha value is -2.75. The topological polar surface area (TPSA) is 51.5 Å². The van der Waals surface area contributed by atoms with E-state index in [1.165, 1.54) is 0 Å². The molecule has 2 aromatic carbocycles. The third-order valence-corrected chi connectivity index (χ3v) is 3.38. The number of rotatable bonds is 3.